The lowest BCUT2D eigenvalue weighted by Crippen LogP contribution is -2.34. The Morgan fingerprint density at radius 2 is 1.90 bits per heavy atom. The second kappa shape index (κ2) is 6.43. The summed E-state index contributed by atoms with van der Waals surface area (Å²) in [5, 5.41) is 0. The second-order valence-electron chi connectivity index (χ2n) is 4.66. The highest BCUT2D eigenvalue weighted by Crippen LogP contribution is 2.22. The number of halogens is 2. The summed E-state index contributed by atoms with van der Waals surface area (Å²) in [5.41, 5.74) is 0.726. The Balaban J connectivity index is 2.29. The molecule has 1 aromatic heterocycles. The molecule has 1 aromatic carbocycles. The van der Waals surface area contributed by atoms with E-state index in [4.69, 9.17) is 0 Å². The van der Waals surface area contributed by atoms with Gasteiger partial charge in [-0.2, -0.15) is 4.39 Å². The minimum absolute atomic E-state index is 0.0617. The Hall–Kier alpha value is -2.30. The van der Waals surface area contributed by atoms with E-state index in [0.717, 1.165) is 5.56 Å². The van der Waals surface area contributed by atoms with Crippen LogP contribution in [0.2, 0.25) is 0 Å². The lowest BCUT2D eigenvalue weighted by Gasteiger charge is -2.28. The third-order valence-electron chi connectivity index (χ3n) is 3.41. The van der Waals surface area contributed by atoms with Crippen LogP contribution in [0.25, 0.3) is 0 Å². The molecule has 1 unspecified atom stereocenters. The van der Waals surface area contributed by atoms with Crippen LogP contribution in [0.3, 0.4) is 0 Å². The average molecular weight is 290 g/mol. The monoisotopic (exact) mass is 290 g/mol. The SMILES string of the molecule is CCN(C(=O)c1cccnc1F)C(C)c1ccc(F)cc1. The van der Waals surface area contributed by atoms with Crippen LogP contribution in [-0.4, -0.2) is 22.3 Å². The van der Waals surface area contributed by atoms with Gasteiger partial charge in [-0.1, -0.05) is 12.1 Å². The largest absolute Gasteiger partial charge is 0.332 e. The van der Waals surface area contributed by atoms with Gasteiger partial charge in [0.1, 0.15) is 5.82 Å². The van der Waals surface area contributed by atoms with Crippen LogP contribution >= 0.6 is 0 Å². The van der Waals surface area contributed by atoms with E-state index in [0.29, 0.717) is 6.54 Å². The van der Waals surface area contributed by atoms with E-state index in [1.165, 1.54) is 35.4 Å². The minimum atomic E-state index is -0.785. The molecule has 0 spiro atoms. The van der Waals surface area contributed by atoms with E-state index in [1.54, 1.807) is 12.1 Å². The molecule has 0 fully saturated rings. The summed E-state index contributed by atoms with van der Waals surface area (Å²) in [5.74, 6) is -1.55. The van der Waals surface area contributed by atoms with Gasteiger partial charge in [0.15, 0.2) is 0 Å². The van der Waals surface area contributed by atoms with E-state index < -0.39 is 11.9 Å². The van der Waals surface area contributed by atoms with Gasteiger partial charge in [0, 0.05) is 12.7 Å². The van der Waals surface area contributed by atoms with E-state index in [2.05, 4.69) is 4.98 Å². The number of nitrogens with zero attached hydrogens (tertiary/aromatic N) is 2. The number of hydrogen-bond donors (Lipinski definition) is 0. The number of rotatable bonds is 4. The molecule has 0 bridgehead atoms. The van der Waals surface area contributed by atoms with Crippen molar-refractivity contribution >= 4 is 5.91 Å². The zero-order valence-electron chi connectivity index (χ0n) is 11.9. The molecule has 0 saturated carbocycles. The van der Waals surface area contributed by atoms with Crippen LogP contribution in [0.15, 0.2) is 42.6 Å². The maximum atomic E-state index is 13.6. The van der Waals surface area contributed by atoms with E-state index >= 15 is 0 Å². The van der Waals surface area contributed by atoms with Gasteiger partial charge in [-0.05, 0) is 43.7 Å². The quantitative estimate of drug-likeness (QED) is 0.806. The summed E-state index contributed by atoms with van der Waals surface area (Å²) >= 11 is 0. The van der Waals surface area contributed by atoms with Crippen molar-refractivity contribution < 1.29 is 13.6 Å². The third-order valence-corrected chi connectivity index (χ3v) is 3.41. The van der Waals surface area contributed by atoms with Crippen LogP contribution in [0.4, 0.5) is 8.78 Å². The number of benzene rings is 1. The Morgan fingerprint density at radius 1 is 1.24 bits per heavy atom. The third kappa shape index (κ3) is 3.24. The number of aromatic nitrogens is 1. The summed E-state index contributed by atoms with van der Waals surface area (Å²) in [6, 6.07) is 8.56. The number of pyridine rings is 1. The van der Waals surface area contributed by atoms with E-state index in [9.17, 15) is 13.6 Å². The average Bonchev–Trinajstić information content (AvgIpc) is 2.49. The predicted octanol–water partition coefficient (Wildman–Crippen LogP) is 3.58. The Kier molecular flexibility index (Phi) is 4.62. The second-order valence-corrected chi connectivity index (χ2v) is 4.66. The molecular weight excluding hydrogens is 274 g/mol. The van der Waals surface area contributed by atoms with Crippen molar-refractivity contribution in [1.29, 1.82) is 0 Å². The molecule has 21 heavy (non-hydrogen) atoms. The maximum Gasteiger partial charge on any atom is 0.258 e. The lowest BCUT2D eigenvalue weighted by molar-refractivity contribution is 0.0696. The number of amides is 1. The number of carbonyl (C=O) groups is 1. The van der Waals surface area contributed by atoms with Crippen molar-refractivity contribution in [2.75, 3.05) is 6.54 Å². The first-order chi connectivity index (χ1) is 10.0. The van der Waals surface area contributed by atoms with Gasteiger partial charge >= 0.3 is 0 Å². The van der Waals surface area contributed by atoms with E-state index in [1.807, 2.05) is 13.8 Å². The molecule has 110 valence electrons. The van der Waals surface area contributed by atoms with Crippen molar-refractivity contribution in [2.24, 2.45) is 0 Å². The predicted molar refractivity (Wildman–Crippen MR) is 75.7 cm³/mol. The fourth-order valence-corrected chi connectivity index (χ4v) is 2.21. The molecular formula is C16H16F2N2O. The number of carbonyl (C=O) groups excluding carboxylic acids is 1. The highest BCUT2D eigenvalue weighted by Gasteiger charge is 2.23. The maximum absolute atomic E-state index is 13.6. The fraction of sp³-hybridized carbons (Fsp3) is 0.250. The zero-order chi connectivity index (χ0) is 15.4. The highest BCUT2D eigenvalue weighted by atomic mass is 19.1. The van der Waals surface area contributed by atoms with Crippen LogP contribution in [0.5, 0.6) is 0 Å². The first kappa shape index (κ1) is 15.1. The van der Waals surface area contributed by atoms with Crippen molar-refractivity contribution in [3.8, 4) is 0 Å². The summed E-state index contributed by atoms with van der Waals surface area (Å²) in [4.78, 5) is 17.5. The van der Waals surface area contributed by atoms with Crippen molar-refractivity contribution in [2.45, 2.75) is 19.9 Å². The molecule has 1 amide bonds. The standard InChI is InChI=1S/C16H16F2N2O/c1-3-20(11(2)12-6-8-13(17)9-7-12)16(21)14-5-4-10-19-15(14)18/h4-11H,3H2,1-2H3. The topological polar surface area (TPSA) is 33.2 Å². The Bertz CT molecular complexity index is 628. The van der Waals surface area contributed by atoms with Crippen LogP contribution in [-0.2, 0) is 0 Å². The smallest absolute Gasteiger partial charge is 0.258 e. The lowest BCUT2D eigenvalue weighted by atomic mass is 10.1. The van der Waals surface area contributed by atoms with Crippen molar-refractivity contribution in [3.05, 3.63) is 65.5 Å². The Labute approximate surface area is 122 Å². The van der Waals surface area contributed by atoms with E-state index in [-0.39, 0.29) is 17.4 Å². The summed E-state index contributed by atoms with van der Waals surface area (Å²) in [6.45, 7) is 4.04. The molecule has 0 saturated heterocycles. The fourth-order valence-electron chi connectivity index (χ4n) is 2.21. The van der Waals surface area contributed by atoms with Crippen LogP contribution < -0.4 is 0 Å². The number of hydrogen-bond acceptors (Lipinski definition) is 2. The van der Waals surface area contributed by atoms with Gasteiger partial charge in [0.2, 0.25) is 5.95 Å². The van der Waals surface area contributed by atoms with Crippen molar-refractivity contribution in [3.63, 3.8) is 0 Å². The molecule has 0 aliphatic heterocycles. The summed E-state index contributed by atoms with van der Waals surface area (Å²) in [7, 11) is 0. The molecule has 0 aliphatic carbocycles. The minimum Gasteiger partial charge on any atom is -0.332 e. The summed E-state index contributed by atoms with van der Waals surface area (Å²) < 4.78 is 26.6. The first-order valence-electron chi connectivity index (χ1n) is 6.71. The van der Waals surface area contributed by atoms with Gasteiger partial charge < -0.3 is 4.90 Å². The van der Waals surface area contributed by atoms with Gasteiger partial charge in [0.05, 0.1) is 11.6 Å². The van der Waals surface area contributed by atoms with Crippen LogP contribution in [0.1, 0.15) is 35.8 Å². The van der Waals surface area contributed by atoms with Crippen molar-refractivity contribution in [1.82, 2.24) is 9.88 Å². The molecule has 2 aromatic rings. The molecule has 0 radical (unpaired) electrons. The van der Waals surface area contributed by atoms with Gasteiger partial charge in [-0.25, -0.2) is 9.37 Å². The molecule has 2 rings (SSSR count). The Morgan fingerprint density at radius 3 is 2.48 bits per heavy atom. The molecule has 1 heterocycles. The van der Waals surface area contributed by atoms with Gasteiger partial charge in [-0.15, -0.1) is 0 Å². The molecule has 5 heteroatoms. The van der Waals surface area contributed by atoms with Crippen LogP contribution in [0, 0.1) is 11.8 Å². The first-order valence-corrected chi connectivity index (χ1v) is 6.71. The zero-order valence-corrected chi connectivity index (χ0v) is 11.9. The highest BCUT2D eigenvalue weighted by molar-refractivity contribution is 5.94. The molecule has 1 atom stereocenters. The molecule has 0 N–H and O–H groups in total. The summed E-state index contributed by atoms with van der Waals surface area (Å²) in [6.07, 6.45) is 1.30. The molecule has 3 nitrogen and oxygen atoms in total. The molecule has 0 aliphatic rings. The van der Waals surface area contributed by atoms with Gasteiger partial charge in [-0.3, -0.25) is 4.79 Å². The normalized spacial score (nSPS) is 12.0. The van der Waals surface area contributed by atoms with Gasteiger partial charge in [0.25, 0.3) is 5.91 Å².